The highest BCUT2D eigenvalue weighted by Gasteiger charge is 2.15. The van der Waals surface area contributed by atoms with Gasteiger partial charge >= 0.3 is 0 Å². The van der Waals surface area contributed by atoms with E-state index in [-0.39, 0.29) is 16.4 Å². The van der Waals surface area contributed by atoms with Crippen LogP contribution in [0.4, 0.5) is 15.9 Å². The average molecular weight is 241 g/mol. The van der Waals surface area contributed by atoms with Crippen LogP contribution in [0.15, 0.2) is 18.2 Å². The van der Waals surface area contributed by atoms with E-state index >= 15 is 0 Å². The summed E-state index contributed by atoms with van der Waals surface area (Å²) in [4.78, 5) is 3.87. The van der Waals surface area contributed by atoms with Crippen LogP contribution >= 0.6 is 11.6 Å². The molecule has 0 aliphatic rings. The Balaban J connectivity index is 2.96. The zero-order valence-electron chi connectivity index (χ0n) is 8.54. The van der Waals surface area contributed by atoms with Gasteiger partial charge in [-0.1, -0.05) is 23.7 Å². The van der Waals surface area contributed by atoms with Gasteiger partial charge in [-0.15, -0.1) is 0 Å². The first-order valence-electron chi connectivity index (χ1n) is 4.54. The van der Waals surface area contributed by atoms with Crippen LogP contribution in [0.2, 0.25) is 5.15 Å². The van der Waals surface area contributed by atoms with Gasteiger partial charge in [-0.25, -0.2) is 15.2 Å². The number of aromatic nitrogens is 1. The summed E-state index contributed by atoms with van der Waals surface area (Å²) < 4.78 is 13.6. The third-order valence-corrected chi connectivity index (χ3v) is 2.56. The summed E-state index contributed by atoms with van der Waals surface area (Å²) in [6.07, 6.45) is 0. The van der Waals surface area contributed by atoms with Crippen LogP contribution in [0.5, 0.6) is 0 Å². The number of fused-ring (bicyclic) bond motifs is 1. The summed E-state index contributed by atoms with van der Waals surface area (Å²) in [7, 11) is 1.60. The van der Waals surface area contributed by atoms with Gasteiger partial charge < -0.3 is 10.7 Å². The fraction of sp³-hybridized carbons (Fsp3) is 0.100. The van der Waals surface area contributed by atoms with Gasteiger partial charge in [0.1, 0.15) is 16.7 Å². The molecular weight excluding hydrogens is 231 g/mol. The molecule has 4 N–H and O–H groups in total. The van der Waals surface area contributed by atoms with E-state index in [2.05, 4.69) is 4.98 Å². The van der Waals surface area contributed by atoms with Gasteiger partial charge in [0.2, 0.25) is 0 Å². The lowest BCUT2D eigenvalue weighted by Crippen LogP contribution is -2.26. The number of nitrogens with two attached hydrogens (primary N) is 2. The summed E-state index contributed by atoms with van der Waals surface area (Å²) in [6.45, 7) is 0. The summed E-state index contributed by atoms with van der Waals surface area (Å²) in [6, 6.07) is 4.58. The van der Waals surface area contributed by atoms with Gasteiger partial charge in [0.15, 0.2) is 5.82 Å². The molecule has 16 heavy (non-hydrogen) atoms. The molecule has 0 saturated heterocycles. The second-order valence-corrected chi connectivity index (χ2v) is 3.77. The van der Waals surface area contributed by atoms with Gasteiger partial charge in [0.05, 0.1) is 5.39 Å². The molecular formula is C10H10ClFN4. The predicted molar refractivity (Wildman–Crippen MR) is 63.7 cm³/mol. The predicted octanol–water partition coefficient (Wildman–Crippen LogP) is 1.92. The molecule has 0 spiro atoms. The van der Waals surface area contributed by atoms with Gasteiger partial charge in [-0.3, -0.25) is 0 Å². The number of rotatable bonds is 1. The molecule has 2 aromatic rings. The molecule has 2 rings (SSSR count). The molecule has 0 fully saturated rings. The zero-order chi connectivity index (χ0) is 11.9. The monoisotopic (exact) mass is 240 g/mol. The minimum absolute atomic E-state index is 0.0381. The molecule has 0 radical (unpaired) electrons. The van der Waals surface area contributed by atoms with Crippen molar-refractivity contribution >= 4 is 33.9 Å². The van der Waals surface area contributed by atoms with Gasteiger partial charge in [0, 0.05) is 12.4 Å². The van der Waals surface area contributed by atoms with E-state index in [9.17, 15) is 4.39 Å². The number of hydrazine groups is 1. The molecule has 6 heteroatoms. The van der Waals surface area contributed by atoms with Gasteiger partial charge in [-0.2, -0.15) is 0 Å². The van der Waals surface area contributed by atoms with E-state index in [1.54, 1.807) is 19.2 Å². The van der Waals surface area contributed by atoms with Crippen LogP contribution < -0.4 is 16.6 Å². The molecule has 0 bridgehead atoms. The quantitative estimate of drug-likeness (QED) is 0.454. The van der Waals surface area contributed by atoms with Crippen molar-refractivity contribution in [1.29, 1.82) is 0 Å². The molecule has 84 valence electrons. The van der Waals surface area contributed by atoms with Crippen molar-refractivity contribution in [2.24, 2.45) is 5.84 Å². The maximum atomic E-state index is 13.6. The maximum Gasteiger partial charge on any atom is 0.150 e. The van der Waals surface area contributed by atoms with E-state index in [4.69, 9.17) is 23.2 Å². The molecule has 4 nitrogen and oxygen atoms in total. The highest BCUT2D eigenvalue weighted by Crippen LogP contribution is 2.34. The van der Waals surface area contributed by atoms with E-state index in [0.29, 0.717) is 11.1 Å². The first-order valence-corrected chi connectivity index (χ1v) is 4.91. The van der Waals surface area contributed by atoms with Gasteiger partial charge in [-0.05, 0) is 6.07 Å². The number of halogens is 2. The Morgan fingerprint density at radius 2 is 2.12 bits per heavy atom. The van der Waals surface area contributed by atoms with E-state index in [1.165, 1.54) is 11.1 Å². The van der Waals surface area contributed by atoms with E-state index in [1.807, 2.05) is 0 Å². The number of hydrogen-bond acceptors (Lipinski definition) is 4. The molecule has 1 aromatic heterocycles. The molecule has 0 amide bonds. The molecule has 0 saturated carbocycles. The van der Waals surface area contributed by atoms with E-state index in [0.717, 1.165) is 0 Å². The number of benzene rings is 1. The summed E-state index contributed by atoms with van der Waals surface area (Å²) >= 11 is 5.85. The minimum atomic E-state index is -0.446. The van der Waals surface area contributed by atoms with Crippen molar-refractivity contribution in [2.45, 2.75) is 0 Å². The Kier molecular flexibility index (Phi) is 2.57. The number of nitrogen functional groups attached to an aromatic ring is 1. The van der Waals surface area contributed by atoms with Crippen molar-refractivity contribution in [3.05, 3.63) is 29.2 Å². The Labute approximate surface area is 96.6 Å². The molecule has 0 unspecified atom stereocenters. The summed E-state index contributed by atoms with van der Waals surface area (Å²) in [5.74, 6) is 5.36. The van der Waals surface area contributed by atoms with Crippen molar-refractivity contribution in [3.8, 4) is 0 Å². The maximum absolute atomic E-state index is 13.6. The highest BCUT2D eigenvalue weighted by atomic mass is 35.5. The average Bonchev–Trinajstić information content (AvgIpc) is 2.15. The third-order valence-electron chi connectivity index (χ3n) is 2.29. The number of anilines is 2. The fourth-order valence-electron chi connectivity index (χ4n) is 1.65. The lowest BCUT2D eigenvalue weighted by molar-refractivity contribution is 0.639. The van der Waals surface area contributed by atoms with Crippen LogP contribution in [-0.2, 0) is 0 Å². The Morgan fingerprint density at radius 1 is 1.44 bits per heavy atom. The van der Waals surface area contributed by atoms with Crippen LogP contribution in [-0.4, -0.2) is 12.0 Å². The molecule has 0 atom stereocenters. The van der Waals surface area contributed by atoms with Gasteiger partial charge in [0.25, 0.3) is 0 Å². The first kappa shape index (κ1) is 10.9. The highest BCUT2D eigenvalue weighted by molar-refractivity contribution is 6.35. The SMILES string of the molecule is CN(N)c1c(N)nc(Cl)c2c(F)cccc12. The fourth-order valence-corrected chi connectivity index (χ4v) is 1.94. The lowest BCUT2D eigenvalue weighted by Gasteiger charge is -2.17. The van der Waals surface area contributed by atoms with Crippen molar-refractivity contribution < 1.29 is 4.39 Å². The lowest BCUT2D eigenvalue weighted by atomic mass is 10.1. The van der Waals surface area contributed by atoms with Crippen LogP contribution in [0.25, 0.3) is 10.8 Å². The molecule has 0 aliphatic heterocycles. The Bertz CT molecular complexity index is 556. The zero-order valence-corrected chi connectivity index (χ0v) is 9.29. The second-order valence-electron chi connectivity index (χ2n) is 3.41. The van der Waals surface area contributed by atoms with Crippen LogP contribution in [0.3, 0.4) is 0 Å². The smallest absolute Gasteiger partial charge is 0.150 e. The van der Waals surface area contributed by atoms with Crippen molar-refractivity contribution in [3.63, 3.8) is 0 Å². The normalized spacial score (nSPS) is 10.8. The number of hydrogen-bond donors (Lipinski definition) is 2. The van der Waals surface area contributed by atoms with Crippen molar-refractivity contribution in [2.75, 3.05) is 17.8 Å². The third kappa shape index (κ3) is 1.54. The largest absolute Gasteiger partial charge is 0.382 e. The Hall–Kier alpha value is -1.59. The van der Waals surface area contributed by atoms with Crippen LogP contribution in [0, 0.1) is 5.82 Å². The summed E-state index contributed by atoms with van der Waals surface area (Å²) in [5, 5.41) is 2.10. The standard InChI is InChI=1S/C10H10ClFN4/c1-16(14)8-5-3-2-4-6(12)7(5)9(11)15-10(8)13/h2-4H,14H2,1H3,(H2,13,15). The minimum Gasteiger partial charge on any atom is -0.382 e. The second kappa shape index (κ2) is 3.77. The molecule has 1 heterocycles. The number of nitrogens with zero attached hydrogens (tertiary/aromatic N) is 2. The van der Waals surface area contributed by atoms with Crippen molar-refractivity contribution in [1.82, 2.24) is 4.98 Å². The molecule has 1 aromatic carbocycles. The number of pyridine rings is 1. The topological polar surface area (TPSA) is 68.2 Å². The molecule has 0 aliphatic carbocycles. The van der Waals surface area contributed by atoms with E-state index < -0.39 is 5.82 Å². The first-order chi connectivity index (χ1) is 7.52. The summed E-state index contributed by atoms with van der Waals surface area (Å²) in [5.41, 5.74) is 6.16. The van der Waals surface area contributed by atoms with Crippen LogP contribution in [0.1, 0.15) is 0 Å². The Morgan fingerprint density at radius 3 is 2.75 bits per heavy atom.